The molecule has 1 aliphatic heterocycles. The maximum Gasteiger partial charge on any atom is 0.340 e. The van der Waals surface area contributed by atoms with E-state index in [0.717, 1.165) is 0 Å². The number of nitro groups is 1. The molecule has 7 heteroatoms. The molecule has 0 atom stereocenters. The van der Waals surface area contributed by atoms with E-state index in [2.05, 4.69) is 6.58 Å². The van der Waals surface area contributed by atoms with E-state index in [9.17, 15) is 19.7 Å². The summed E-state index contributed by atoms with van der Waals surface area (Å²) in [6.45, 7) is 5.53. The Hall–Kier alpha value is -3.22. The van der Waals surface area contributed by atoms with Crippen molar-refractivity contribution in [2.24, 2.45) is 0 Å². The van der Waals surface area contributed by atoms with E-state index in [1.165, 1.54) is 42.4 Å². The minimum Gasteiger partial charge on any atom is -0.465 e. The van der Waals surface area contributed by atoms with Gasteiger partial charge in [0.05, 0.1) is 23.2 Å². The largest absolute Gasteiger partial charge is 0.465 e. The molecule has 0 aliphatic carbocycles. The van der Waals surface area contributed by atoms with E-state index in [0.29, 0.717) is 11.3 Å². The third-order valence-corrected chi connectivity index (χ3v) is 3.63. The maximum absolute atomic E-state index is 12.6. The van der Waals surface area contributed by atoms with Gasteiger partial charge in [0.25, 0.3) is 11.6 Å². The molecule has 7 nitrogen and oxygen atoms in total. The number of ether oxygens (including phenoxy) is 1. The lowest BCUT2D eigenvalue weighted by Gasteiger charge is -2.14. The lowest BCUT2D eigenvalue weighted by molar-refractivity contribution is -0.384. The van der Waals surface area contributed by atoms with Gasteiger partial charge >= 0.3 is 5.97 Å². The molecule has 0 bridgehead atoms. The van der Waals surface area contributed by atoms with Crippen LogP contribution in [0.5, 0.6) is 0 Å². The zero-order valence-corrected chi connectivity index (χ0v) is 13.3. The van der Waals surface area contributed by atoms with Crippen LogP contribution in [0.3, 0.4) is 0 Å². The fourth-order valence-electron chi connectivity index (χ4n) is 2.44. The number of non-ortho nitro benzene ring substituents is 1. The van der Waals surface area contributed by atoms with E-state index < -0.39 is 10.9 Å². The van der Waals surface area contributed by atoms with Crippen LogP contribution in [-0.4, -0.2) is 35.4 Å². The summed E-state index contributed by atoms with van der Waals surface area (Å²) >= 11 is 0. The summed E-state index contributed by atoms with van der Waals surface area (Å²) in [6, 6.07) is 5.70. The number of nitrogens with zero attached hydrogens (tertiary/aromatic N) is 2. The molecule has 2 rings (SSSR count). The highest BCUT2D eigenvalue weighted by atomic mass is 16.6. The first-order chi connectivity index (χ1) is 11.4. The molecule has 1 aromatic carbocycles. The van der Waals surface area contributed by atoms with Crippen molar-refractivity contribution >= 4 is 23.6 Å². The Labute approximate surface area is 138 Å². The SMILES string of the molecule is C=CCN1C(=O)/C(=C\c2ccc([N+](=O)[O-])cc2)C(C(=O)OC)=C1C. The van der Waals surface area contributed by atoms with Crippen molar-refractivity contribution in [3.05, 3.63) is 69.4 Å². The van der Waals surface area contributed by atoms with Crippen LogP contribution < -0.4 is 0 Å². The molecule has 0 unspecified atom stereocenters. The van der Waals surface area contributed by atoms with Gasteiger partial charge in [-0.15, -0.1) is 6.58 Å². The highest BCUT2D eigenvalue weighted by Crippen LogP contribution is 2.31. The molecule has 124 valence electrons. The zero-order chi connectivity index (χ0) is 17.9. The number of nitro benzene ring substituents is 1. The van der Waals surface area contributed by atoms with Gasteiger partial charge in [-0.1, -0.05) is 6.08 Å². The number of rotatable bonds is 5. The van der Waals surface area contributed by atoms with Crippen LogP contribution in [0.25, 0.3) is 6.08 Å². The standard InChI is InChI=1S/C17H16N2O5/c1-4-9-18-11(2)15(17(21)24-3)14(16(18)20)10-12-5-7-13(8-6-12)19(22)23/h4-8,10H,1,9H2,2-3H3/b14-10-. The molecule has 1 heterocycles. The molecule has 0 saturated heterocycles. The lowest BCUT2D eigenvalue weighted by Crippen LogP contribution is -2.24. The monoisotopic (exact) mass is 328 g/mol. The van der Waals surface area contributed by atoms with Crippen LogP contribution >= 0.6 is 0 Å². The number of carbonyl (C=O) groups is 2. The molecule has 1 aliphatic rings. The molecule has 0 radical (unpaired) electrons. The Kier molecular flexibility index (Phi) is 4.93. The van der Waals surface area contributed by atoms with E-state index in [1.54, 1.807) is 13.0 Å². The number of esters is 1. The third kappa shape index (κ3) is 3.10. The number of allylic oxidation sites excluding steroid dienone is 1. The fourth-order valence-corrected chi connectivity index (χ4v) is 2.44. The molecule has 0 saturated carbocycles. The number of hydrogen-bond acceptors (Lipinski definition) is 5. The Morgan fingerprint density at radius 2 is 2.00 bits per heavy atom. The average Bonchev–Trinajstić information content (AvgIpc) is 2.79. The molecule has 24 heavy (non-hydrogen) atoms. The van der Waals surface area contributed by atoms with Crippen molar-refractivity contribution in [3.8, 4) is 0 Å². The average molecular weight is 328 g/mol. The summed E-state index contributed by atoms with van der Waals surface area (Å²) in [6.07, 6.45) is 3.08. The summed E-state index contributed by atoms with van der Waals surface area (Å²) in [5.41, 5.74) is 1.37. The Bertz CT molecular complexity index is 775. The number of benzene rings is 1. The first-order valence-electron chi connectivity index (χ1n) is 7.09. The number of hydrogen-bond donors (Lipinski definition) is 0. The van der Waals surface area contributed by atoms with Gasteiger partial charge in [-0.25, -0.2) is 4.79 Å². The molecule has 0 fully saturated rings. The molecule has 0 spiro atoms. The van der Waals surface area contributed by atoms with Crippen LogP contribution in [-0.2, 0) is 14.3 Å². The Morgan fingerprint density at radius 1 is 1.38 bits per heavy atom. The normalized spacial score (nSPS) is 15.8. The minimum atomic E-state index is -0.611. The fraction of sp³-hybridized carbons (Fsp3) is 0.176. The summed E-state index contributed by atoms with van der Waals surface area (Å²) < 4.78 is 4.77. The van der Waals surface area contributed by atoms with Crippen molar-refractivity contribution < 1.29 is 19.2 Å². The number of methoxy groups -OCH3 is 1. The predicted molar refractivity (Wildman–Crippen MR) is 87.7 cm³/mol. The second-order valence-corrected chi connectivity index (χ2v) is 5.06. The first-order valence-corrected chi connectivity index (χ1v) is 7.09. The van der Waals surface area contributed by atoms with Crippen LogP contribution in [0.2, 0.25) is 0 Å². The van der Waals surface area contributed by atoms with Gasteiger partial charge in [0, 0.05) is 24.4 Å². The molecular weight excluding hydrogens is 312 g/mol. The predicted octanol–water partition coefficient (Wildman–Crippen LogP) is 2.45. The van der Waals surface area contributed by atoms with Gasteiger partial charge in [0.15, 0.2) is 0 Å². The highest BCUT2D eigenvalue weighted by molar-refractivity contribution is 6.16. The zero-order valence-electron chi connectivity index (χ0n) is 13.3. The number of amides is 1. The van der Waals surface area contributed by atoms with E-state index >= 15 is 0 Å². The molecule has 0 N–H and O–H groups in total. The second-order valence-electron chi connectivity index (χ2n) is 5.06. The van der Waals surface area contributed by atoms with Gasteiger partial charge in [-0.3, -0.25) is 14.9 Å². The second kappa shape index (κ2) is 6.91. The van der Waals surface area contributed by atoms with Crippen molar-refractivity contribution in [3.63, 3.8) is 0 Å². The van der Waals surface area contributed by atoms with Crippen molar-refractivity contribution in [2.45, 2.75) is 6.92 Å². The van der Waals surface area contributed by atoms with Gasteiger partial charge in [0.1, 0.15) is 0 Å². The van der Waals surface area contributed by atoms with Gasteiger partial charge in [-0.2, -0.15) is 0 Å². The van der Waals surface area contributed by atoms with E-state index in [-0.39, 0.29) is 29.3 Å². The third-order valence-electron chi connectivity index (χ3n) is 3.63. The van der Waals surface area contributed by atoms with E-state index in [4.69, 9.17) is 4.74 Å². The van der Waals surface area contributed by atoms with Gasteiger partial charge < -0.3 is 9.64 Å². The topological polar surface area (TPSA) is 89.8 Å². The van der Waals surface area contributed by atoms with Crippen LogP contribution in [0.1, 0.15) is 12.5 Å². The number of carbonyl (C=O) groups excluding carboxylic acids is 2. The maximum atomic E-state index is 12.6. The smallest absolute Gasteiger partial charge is 0.340 e. The van der Waals surface area contributed by atoms with Crippen molar-refractivity contribution in [1.29, 1.82) is 0 Å². The Morgan fingerprint density at radius 3 is 2.50 bits per heavy atom. The quantitative estimate of drug-likeness (QED) is 0.272. The van der Waals surface area contributed by atoms with Gasteiger partial charge in [0.2, 0.25) is 0 Å². The van der Waals surface area contributed by atoms with Crippen LogP contribution in [0.4, 0.5) is 5.69 Å². The summed E-state index contributed by atoms with van der Waals surface area (Å²) in [4.78, 5) is 36.2. The molecular formula is C17H16N2O5. The lowest BCUT2D eigenvalue weighted by atomic mass is 10.0. The minimum absolute atomic E-state index is 0.0527. The van der Waals surface area contributed by atoms with E-state index in [1.807, 2.05) is 0 Å². The van der Waals surface area contributed by atoms with Crippen molar-refractivity contribution in [1.82, 2.24) is 4.90 Å². The summed E-state index contributed by atoms with van der Waals surface area (Å²) in [5.74, 6) is -0.952. The van der Waals surface area contributed by atoms with Crippen molar-refractivity contribution in [2.75, 3.05) is 13.7 Å². The summed E-state index contributed by atoms with van der Waals surface area (Å²) in [7, 11) is 1.24. The molecule has 0 aromatic heterocycles. The Balaban J connectivity index is 2.49. The van der Waals surface area contributed by atoms with Gasteiger partial charge in [-0.05, 0) is 30.7 Å². The van der Waals surface area contributed by atoms with Crippen LogP contribution in [0.15, 0.2) is 53.8 Å². The highest BCUT2D eigenvalue weighted by Gasteiger charge is 2.36. The van der Waals surface area contributed by atoms with Crippen LogP contribution in [0, 0.1) is 10.1 Å². The molecule has 1 aromatic rings. The summed E-state index contributed by atoms with van der Waals surface area (Å²) in [5, 5.41) is 10.7. The molecule has 1 amide bonds. The first kappa shape index (κ1) is 17.1.